The summed E-state index contributed by atoms with van der Waals surface area (Å²) in [5.74, 6) is -2.51. The lowest BCUT2D eigenvalue weighted by molar-refractivity contribution is 0.0696. The summed E-state index contributed by atoms with van der Waals surface area (Å²) in [5, 5.41) is 22.0. The highest BCUT2D eigenvalue weighted by atomic mass is 35.5. The second kappa shape index (κ2) is 8.97. The van der Waals surface area contributed by atoms with Gasteiger partial charge in [-0.15, -0.1) is 0 Å². The predicted molar refractivity (Wildman–Crippen MR) is 152 cm³/mol. The maximum absolute atomic E-state index is 13.7. The molecular formula is C29H17Cl2N3O5. The number of nitrogens with zero attached hydrogens (tertiary/aromatic N) is 2. The molecule has 2 heterocycles. The second-order valence-electron chi connectivity index (χ2n) is 9.18. The Morgan fingerprint density at radius 3 is 2.00 bits per heavy atom. The Hall–Kier alpha value is -4.66. The van der Waals surface area contributed by atoms with E-state index in [1.165, 1.54) is 12.1 Å². The van der Waals surface area contributed by atoms with E-state index in [0.29, 0.717) is 64.9 Å². The number of carboxylic acid groups (broad SMARTS) is 2. The Bertz CT molecular complexity index is 2090. The highest BCUT2D eigenvalue weighted by molar-refractivity contribution is 6.32. The van der Waals surface area contributed by atoms with Gasteiger partial charge in [0.25, 0.3) is 0 Å². The zero-order valence-electron chi connectivity index (χ0n) is 19.9. The molecule has 10 heteroatoms. The van der Waals surface area contributed by atoms with Gasteiger partial charge in [-0.1, -0.05) is 23.2 Å². The van der Waals surface area contributed by atoms with Gasteiger partial charge in [-0.3, -0.25) is 4.79 Å². The van der Waals surface area contributed by atoms with Gasteiger partial charge in [0.2, 0.25) is 0 Å². The maximum atomic E-state index is 13.7. The summed E-state index contributed by atoms with van der Waals surface area (Å²) in [5.41, 5.74) is 9.02. The quantitative estimate of drug-likeness (QED) is 0.220. The van der Waals surface area contributed by atoms with Gasteiger partial charge in [0.15, 0.2) is 5.43 Å². The van der Waals surface area contributed by atoms with Crippen molar-refractivity contribution < 1.29 is 19.8 Å². The van der Waals surface area contributed by atoms with Crippen LogP contribution in [0.5, 0.6) is 0 Å². The summed E-state index contributed by atoms with van der Waals surface area (Å²) in [7, 11) is 0. The number of carboxylic acids is 2. The minimum Gasteiger partial charge on any atom is -0.478 e. The molecule has 192 valence electrons. The molecule has 8 nitrogen and oxygen atoms in total. The van der Waals surface area contributed by atoms with Crippen LogP contribution in [0.1, 0.15) is 26.3 Å². The van der Waals surface area contributed by atoms with E-state index >= 15 is 0 Å². The molecule has 6 aromatic rings. The van der Waals surface area contributed by atoms with Gasteiger partial charge >= 0.3 is 11.9 Å². The van der Waals surface area contributed by atoms with Gasteiger partial charge in [0, 0.05) is 38.1 Å². The molecule has 4 aromatic carbocycles. The molecule has 0 saturated heterocycles. The van der Waals surface area contributed by atoms with Crippen LogP contribution in [0, 0.1) is 0 Å². The summed E-state index contributed by atoms with van der Waals surface area (Å²) >= 11 is 12.4. The Labute approximate surface area is 229 Å². The summed E-state index contributed by atoms with van der Waals surface area (Å²) in [6.45, 7) is 0.0640. The van der Waals surface area contributed by atoms with Crippen molar-refractivity contribution >= 4 is 84.4 Å². The average molecular weight is 558 g/mol. The minimum absolute atomic E-state index is 0.0640. The number of hydrogen-bond donors (Lipinski definition) is 3. The smallest absolute Gasteiger partial charge is 0.335 e. The summed E-state index contributed by atoms with van der Waals surface area (Å²) < 4.78 is 1.82. The van der Waals surface area contributed by atoms with Crippen molar-refractivity contribution in [2.75, 3.05) is 5.73 Å². The first kappa shape index (κ1) is 24.7. The number of carbonyl (C=O) groups is 2. The number of aromatic carboxylic acids is 2. The molecule has 0 fully saturated rings. The van der Waals surface area contributed by atoms with Gasteiger partial charge in [-0.25, -0.2) is 14.6 Å². The van der Waals surface area contributed by atoms with E-state index < -0.39 is 11.9 Å². The van der Waals surface area contributed by atoms with E-state index in [1.807, 2.05) is 4.57 Å². The van der Waals surface area contributed by atoms with Gasteiger partial charge in [-0.05, 0) is 72.3 Å². The summed E-state index contributed by atoms with van der Waals surface area (Å²) in [6, 6.07) is 17.5. The number of hydrogen-bond acceptors (Lipinski definition) is 5. The van der Waals surface area contributed by atoms with Gasteiger partial charge in [0.05, 0.1) is 38.9 Å². The fourth-order valence-corrected chi connectivity index (χ4v) is 5.31. The lowest BCUT2D eigenvalue weighted by atomic mass is 10.0. The molecule has 0 aliphatic heterocycles. The zero-order chi connectivity index (χ0) is 27.6. The van der Waals surface area contributed by atoms with E-state index in [4.69, 9.17) is 33.9 Å². The number of nitrogens with two attached hydrogens (primary N) is 1. The van der Waals surface area contributed by atoms with E-state index in [2.05, 4.69) is 0 Å². The SMILES string of the molecule is Nc1c2cc(Cl)ccc2nc2cc3c(=O)c4cc(Cl)ccc4n(Cc4cc(C(=O)O)cc(C(=O)O)c4)c3cc12. The molecule has 0 spiro atoms. The number of halogens is 2. The number of anilines is 1. The number of benzene rings is 4. The average Bonchev–Trinajstić information content (AvgIpc) is 2.91. The molecule has 2 aromatic heterocycles. The summed E-state index contributed by atoms with van der Waals surface area (Å²) in [6.07, 6.45) is 0. The molecule has 0 saturated carbocycles. The first-order valence-electron chi connectivity index (χ1n) is 11.7. The number of rotatable bonds is 4. The molecule has 6 rings (SSSR count). The number of pyridine rings is 2. The van der Waals surface area contributed by atoms with Crippen molar-refractivity contribution in [1.82, 2.24) is 9.55 Å². The lowest BCUT2D eigenvalue weighted by Gasteiger charge is -2.18. The molecule has 39 heavy (non-hydrogen) atoms. The molecule has 0 aliphatic rings. The Morgan fingerprint density at radius 1 is 0.744 bits per heavy atom. The molecule has 0 radical (unpaired) electrons. The van der Waals surface area contributed by atoms with Crippen LogP contribution >= 0.6 is 23.2 Å². The first-order valence-corrected chi connectivity index (χ1v) is 12.4. The molecule has 0 atom stereocenters. The topological polar surface area (TPSA) is 136 Å². The first-order chi connectivity index (χ1) is 18.6. The minimum atomic E-state index is -1.25. The van der Waals surface area contributed by atoms with E-state index in [1.54, 1.807) is 48.5 Å². The third kappa shape index (κ3) is 4.10. The van der Waals surface area contributed by atoms with E-state index in [-0.39, 0.29) is 23.1 Å². The monoisotopic (exact) mass is 557 g/mol. The lowest BCUT2D eigenvalue weighted by Crippen LogP contribution is -2.13. The zero-order valence-corrected chi connectivity index (χ0v) is 21.4. The molecule has 0 bridgehead atoms. The largest absolute Gasteiger partial charge is 0.478 e. The fraction of sp³-hybridized carbons (Fsp3) is 0.0345. The van der Waals surface area contributed by atoms with Crippen LogP contribution in [-0.4, -0.2) is 31.7 Å². The van der Waals surface area contributed by atoms with E-state index in [0.717, 1.165) is 6.07 Å². The van der Waals surface area contributed by atoms with Crippen LogP contribution < -0.4 is 11.2 Å². The van der Waals surface area contributed by atoms with Crippen LogP contribution in [-0.2, 0) is 6.54 Å². The van der Waals surface area contributed by atoms with Crippen LogP contribution in [0.15, 0.2) is 71.5 Å². The third-order valence-corrected chi connectivity index (χ3v) is 7.22. The van der Waals surface area contributed by atoms with Crippen molar-refractivity contribution in [2.45, 2.75) is 6.54 Å². The fourth-order valence-electron chi connectivity index (χ4n) is 4.97. The van der Waals surface area contributed by atoms with Crippen LogP contribution in [0.25, 0.3) is 43.6 Å². The molecule has 0 amide bonds. The van der Waals surface area contributed by atoms with Crippen molar-refractivity contribution in [2.24, 2.45) is 0 Å². The normalized spacial score (nSPS) is 11.5. The van der Waals surface area contributed by atoms with Gasteiger partial charge in [-0.2, -0.15) is 0 Å². The van der Waals surface area contributed by atoms with Crippen molar-refractivity contribution in [3.05, 3.63) is 104 Å². The van der Waals surface area contributed by atoms with Crippen molar-refractivity contribution in [1.29, 1.82) is 0 Å². The van der Waals surface area contributed by atoms with Crippen LogP contribution in [0.2, 0.25) is 10.0 Å². The standard InChI is InChI=1S/C29H17Cl2N3O5/c30-16-1-3-22-18(8-16)26(32)19-11-25-21(10-23(19)33-22)27(35)20-9-17(31)2-4-24(20)34(25)12-13-5-14(28(36)37)7-15(6-13)29(38)39/h1-11H,12H2,(H2,32,33)(H,36,37)(H,38,39). The third-order valence-electron chi connectivity index (χ3n) is 6.75. The van der Waals surface area contributed by atoms with Crippen LogP contribution in [0.4, 0.5) is 5.69 Å². The second-order valence-corrected chi connectivity index (χ2v) is 10.1. The number of nitrogen functional groups attached to an aromatic ring is 1. The van der Waals surface area contributed by atoms with Gasteiger partial charge < -0.3 is 20.5 Å². The Kier molecular flexibility index (Phi) is 5.67. The molecule has 0 aliphatic carbocycles. The number of aromatic nitrogens is 2. The summed E-state index contributed by atoms with van der Waals surface area (Å²) in [4.78, 5) is 41.8. The maximum Gasteiger partial charge on any atom is 0.335 e. The van der Waals surface area contributed by atoms with Gasteiger partial charge in [0.1, 0.15) is 0 Å². The van der Waals surface area contributed by atoms with Crippen molar-refractivity contribution in [3.63, 3.8) is 0 Å². The van der Waals surface area contributed by atoms with Crippen molar-refractivity contribution in [3.8, 4) is 0 Å². The Balaban J connectivity index is 1.72. The predicted octanol–water partition coefficient (Wildman–Crippen LogP) is 6.19. The molecular weight excluding hydrogens is 541 g/mol. The highest BCUT2D eigenvalue weighted by Gasteiger charge is 2.18. The highest BCUT2D eigenvalue weighted by Crippen LogP contribution is 2.33. The van der Waals surface area contributed by atoms with E-state index in [9.17, 15) is 24.6 Å². The van der Waals surface area contributed by atoms with Crippen LogP contribution in [0.3, 0.4) is 0 Å². The molecule has 0 unspecified atom stereocenters. The number of fused-ring (bicyclic) bond motifs is 4. The Morgan fingerprint density at radius 2 is 1.33 bits per heavy atom. The molecule has 4 N–H and O–H groups in total.